The minimum Gasteiger partial charge on any atom is -0.376 e. The zero-order valence-corrected chi connectivity index (χ0v) is 16.4. The second-order valence-electron chi connectivity index (χ2n) is 7.44. The van der Waals surface area contributed by atoms with Crippen LogP contribution in [-0.2, 0) is 10.1 Å². The molecule has 1 atom stereocenters. The first-order valence-electron chi connectivity index (χ1n) is 8.70. The molecular weight excluding hydrogens is 366 g/mol. The molecule has 1 fully saturated rings. The third kappa shape index (κ3) is 5.97. The minimum absolute atomic E-state index is 0.0741. The van der Waals surface area contributed by atoms with Gasteiger partial charge in [0.2, 0.25) is 0 Å². The Morgan fingerprint density at radius 3 is 1.96 bits per heavy atom. The Bertz CT molecular complexity index is 866. The van der Waals surface area contributed by atoms with E-state index in [4.69, 9.17) is 4.55 Å². The Morgan fingerprint density at radius 2 is 1.52 bits per heavy atom. The van der Waals surface area contributed by atoms with Gasteiger partial charge in [-0.2, -0.15) is 8.42 Å². The molecule has 1 aliphatic heterocycles. The minimum atomic E-state index is -4.00. The molecule has 0 radical (unpaired) electrons. The Kier molecular flexibility index (Phi) is 6.54. The van der Waals surface area contributed by atoms with Crippen LogP contribution in [0.4, 0.5) is 0 Å². The van der Waals surface area contributed by atoms with E-state index in [-0.39, 0.29) is 10.7 Å². The smallest absolute Gasteiger partial charge is 0.294 e. The number of likely N-dealkylation sites (N-methyl/N-ethyl adjacent to an activating group) is 1. The molecule has 27 heavy (non-hydrogen) atoms. The highest BCUT2D eigenvalue weighted by atomic mass is 32.2. The van der Waals surface area contributed by atoms with Crippen molar-refractivity contribution < 1.29 is 27.4 Å². The number of hydrogen-bond donors (Lipinski definition) is 2. The van der Waals surface area contributed by atoms with Crippen molar-refractivity contribution in [3.63, 3.8) is 0 Å². The number of aliphatic hydroxyl groups is 1. The monoisotopic (exact) mass is 392 g/mol. The van der Waals surface area contributed by atoms with Crippen LogP contribution >= 0.6 is 0 Å². The Hall–Kier alpha value is -2.06. The third-order valence-electron chi connectivity index (χ3n) is 4.54. The van der Waals surface area contributed by atoms with E-state index in [9.17, 15) is 18.3 Å². The normalized spacial score (nSPS) is 21.6. The summed E-state index contributed by atoms with van der Waals surface area (Å²) in [7, 11) is 0.113. The van der Waals surface area contributed by atoms with Gasteiger partial charge in [0.25, 0.3) is 10.1 Å². The first kappa shape index (κ1) is 21.2. The van der Waals surface area contributed by atoms with E-state index in [2.05, 4.69) is 14.1 Å². The number of Topliss-reactive ketones (excluding diaryl/α,β-unsaturated/α-hetero) is 1. The van der Waals surface area contributed by atoms with Gasteiger partial charge >= 0.3 is 0 Å². The molecule has 2 N–H and O–H groups in total. The predicted octanol–water partition coefficient (Wildman–Crippen LogP) is 2.40. The molecule has 1 saturated heterocycles. The summed E-state index contributed by atoms with van der Waals surface area (Å²) in [6, 6.07) is 16.5. The van der Waals surface area contributed by atoms with Gasteiger partial charge < -0.3 is 9.59 Å². The van der Waals surface area contributed by atoms with Crippen molar-refractivity contribution in [3.8, 4) is 0 Å². The molecule has 0 amide bonds. The van der Waals surface area contributed by atoms with Gasteiger partial charge in [-0.25, -0.2) is 0 Å². The average Bonchev–Trinajstić information content (AvgIpc) is 2.61. The Morgan fingerprint density at radius 1 is 1.00 bits per heavy atom. The maximum Gasteiger partial charge on any atom is 0.294 e. The van der Waals surface area contributed by atoms with Crippen LogP contribution in [0.25, 0.3) is 0 Å². The summed E-state index contributed by atoms with van der Waals surface area (Å²) in [6.45, 7) is 1.52. The molecule has 2 aromatic rings. The number of piperidine rings is 1. The lowest BCUT2D eigenvalue weighted by molar-refractivity contribution is -0.900. The van der Waals surface area contributed by atoms with Crippen molar-refractivity contribution in [1.29, 1.82) is 0 Å². The number of likely N-dealkylation sites (tertiary alicyclic amines) is 1. The second-order valence-corrected chi connectivity index (χ2v) is 8.86. The molecule has 0 spiro atoms. The van der Waals surface area contributed by atoms with Crippen molar-refractivity contribution in [3.05, 3.63) is 66.2 Å². The zero-order valence-electron chi connectivity index (χ0n) is 15.6. The van der Waals surface area contributed by atoms with E-state index in [1.165, 1.54) is 12.1 Å². The van der Waals surface area contributed by atoms with E-state index in [0.717, 1.165) is 13.0 Å². The molecule has 1 unspecified atom stereocenters. The van der Waals surface area contributed by atoms with Crippen LogP contribution in [0.3, 0.4) is 0 Å². The first-order valence-corrected chi connectivity index (χ1v) is 10.1. The highest BCUT2D eigenvalue weighted by Crippen LogP contribution is 2.27. The average molecular weight is 392 g/mol. The van der Waals surface area contributed by atoms with Gasteiger partial charge in [-0.15, -0.1) is 0 Å². The van der Waals surface area contributed by atoms with Crippen LogP contribution in [0.15, 0.2) is 65.6 Å². The van der Waals surface area contributed by atoms with Gasteiger partial charge in [-0.1, -0.05) is 48.5 Å². The van der Waals surface area contributed by atoms with Crippen molar-refractivity contribution in [1.82, 2.24) is 0 Å². The zero-order chi connectivity index (χ0) is 20.1. The maximum absolute atomic E-state index is 12.3. The van der Waals surface area contributed by atoms with Crippen molar-refractivity contribution in [2.75, 3.05) is 27.2 Å². The van der Waals surface area contributed by atoms with E-state index in [0.29, 0.717) is 23.0 Å². The van der Waals surface area contributed by atoms with Gasteiger partial charge in [0, 0.05) is 5.56 Å². The van der Waals surface area contributed by atoms with Crippen molar-refractivity contribution in [2.45, 2.75) is 23.3 Å². The molecule has 1 aliphatic rings. The summed E-state index contributed by atoms with van der Waals surface area (Å²) >= 11 is 0. The molecule has 0 bridgehead atoms. The van der Waals surface area contributed by atoms with Crippen molar-refractivity contribution in [2.24, 2.45) is 0 Å². The molecule has 0 saturated carbocycles. The topological polar surface area (TPSA) is 91.7 Å². The Balaban J connectivity index is 0.000000223. The fraction of sp³-hybridized carbons (Fsp3) is 0.350. The summed E-state index contributed by atoms with van der Waals surface area (Å²) in [6.07, 6.45) is 1.46. The third-order valence-corrected chi connectivity index (χ3v) is 5.41. The van der Waals surface area contributed by atoms with Crippen molar-refractivity contribution >= 4 is 15.9 Å². The predicted molar refractivity (Wildman–Crippen MR) is 103 cm³/mol. The van der Waals surface area contributed by atoms with Crippen LogP contribution in [0, 0.1) is 0 Å². The fourth-order valence-corrected chi connectivity index (χ4v) is 3.80. The number of hydrogen-bond acceptors (Lipinski definition) is 4. The molecule has 0 aromatic heterocycles. The lowest BCUT2D eigenvalue weighted by Crippen LogP contribution is -2.59. The molecule has 1 heterocycles. The molecule has 0 aliphatic carbocycles. The number of carbonyl (C=O) groups is 1. The van der Waals surface area contributed by atoms with Crippen LogP contribution in [0.1, 0.15) is 23.2 Å². The summed E-state index contributed by atoms with van der Waals surface area (Å²) in [5.41, 5.74) is -0.583. The summed E-state index contributed by atoms with van der Waals surface area (Å²) in [5.74, 6) is -0.135. The molecular formula is C20H26NO5S+. The fourth-order valence-electron chi connectivity index (χ4n) is 3.30. The lowest BCUT2D eigenvalue weighted by Gasteiger charge is -2.42. The molecule has 3 rings (SSSR count). The highest BCUT2D eigenvalue weighted by Gasteiger charge is 2.45. The second kappa shape index (κ2) is 8.31. The maximum atomic E-state index is 12.3. The molecule has 146 valence electrons. The van der Waals surface area contributed by atoms with Gasteiger partial charge in [0.1, 0.15) is 6.54 Å². The van der Waals surface area contributed by atoms with Crippen LogP contribution in [0.5, 0.6) is 0 Å². The standard InChI is InChI=1S/C14H20NO2.C6H6O3S/c1-15(2)10-6-9-14(17,11-15)13(16)12-7-4-3-5-8-12;7-10(8,9)6-4-2-1-3-5-6/h3-5,7-8,17H,6,9-11H2,1-2H3;1-5H,(H,7,8,9)/q+1;. The lowest BCUT2D eigenvalue weighted by atomic mass is 9.84. The number of nitrogens with zero attached hydrogens (tertiary/aromatic N) is 1. The first-order chi connectivity index (χ1) is 12.5. The highest BCUT2D eigenvalue weighted by molar-refractivity contribution is 7.85. The summed E-state index contributed by atoms with van der Waals surface area (Å²) in [5, 5.41) is 10.6. The Labute approximate surface area is 160 Å². The van der Waals surface area contributed by atoms with Gasteiger partial charge in [-0.05, 0) is 25.0 Å². The van der Waals surface area contributed by atoms with Crippen LogP contribution in [0.2, 0.25) is 0 Å². The van der Waals surface area contributed by atoms with Crippen LogP contribution < -0.4 is 0 Å². The number of ketones is 1. The molecule has 6 nitrogen and oxygen atoms in total. The van der Waals surface area contributed by atoms with E-state index < -0.39 is 15.7 Å². The quantitative estimate of drug-likeness (QED) is 0.475. The molecule has 7 heteroatoms. The summed E-state index contributed by atoms with van der Waals surface area (Å²) < 4.78 is 29.9. The number of rotatable bonds is 3. The van der Waals surface area contributed by atoms with E-state index >= 15 is 0 Å². The van der Waals surface area contributed by atoms with E-state index in [1.54, 1.807) is 30.3 Å². The number of carbonyl (C=O) groups excluding carboxylic acids is 1. The summed E-state index contributed by atoms with van der Waals surface area (Å²) in [4.78, 5) is 12.3. The largest absolute Gasteiger partial charge is 0.376 e. The van der Waals surface area contributed by atoms with E-state index in [1.807, 2.05) is 18.2 Å². The SMILES string of the molecule is C[N+]1(C)CCCC(O)(C(=O)c2ccccc2)C1.O=S(=O)(O)c1ccccc1. The molecule has 2 aromatic carbocycles. The van der Waals surface area contributed by atoms with Crippen LogP contribution in [-0.4, -0.2) is 61.1 Å². The number of benzene rings is 2. The van der Waals surface area contributed by atoms with Gasteiger partial charge in [0.15, 0.2) is 11.4 Å². The van der Waals surface area contributed by atoms with Gasteiger partial charge in [0.05, 0.1) is 25.5 Å². The van der Waals surface area contributed by atoms with Gasteiger partial charge in [-0.3, -0.25) is 9.35 Å². The number of quaternary nitrogens is 1.